The summed E-state index contributed by atoms with van der Waals surface area (Å²) in [5.41, 5.74) is 13.4. The summed E-state index contributed by atoms with van der Waals surface area (Å²) in [7, 11) is -0.254. The first-order valence-corrected chi connectivity index (χ1v) is 25.0. The molecule has 8 rings (SSSR count). The predicted octanol–water partition coefficient (Wildman–Crippen LogP) is 16.7. The first kappa shape index (κ1) is 48.1. The molecule has 0 saturated carbocycles. The second-order valence-corrected chi connectivity index (χ2v) is 23.4. The summed E-state index contributed by atoms with van der Waals surface area (Å²) in [6.07, 6.45) is 13.6. The van der Waals surface area contributed by atoms with E-state index in [-0.39, 0.29) is 42.9 Å². The minimum absolute atomic E-state index is 0.0800. The van der Waals surface area contributed by atoms with Crippen LogP contribution in [0.4, 0.5) is 0 Å². The van der Waals surface area contributed by atoms with Crippen LogP contribution in [0.5, 0.6) is 0 Å². The van der Waals surface area contributed by atoms with Crippen LogP contribution in [0.2, 0.25) is 0 Å². The monoisotopic (exact) mass is 903 g/mol. The third-order valence-corrected chi connectivity index (χ3v) is 14.5. The second-order valence-electron chi connectivity index (χ2n) is 22.7. The third-order valence-electron chi connectivity index (χ3n) is 13.8. The second kappa shape index (κ2) is 18.6. The molecule has 0 spiro atoms. The molecule has 0 bridgehead atoms. The number of rotatable bonds is 10. The van der Waals surface area contributed by atoms with E-state index in [4.69, 9.17) is 9.05 Å². The first-order chi connectivity index (χ1) is 31.7. The van der Waals surface area contributed by atoms with Crippen molar-refractivity contribution in [2.75, 3.05) is 0 Å². The molecule has 0 N–H and O–H groups in total. The van der Waals surface area contributed by atoms with E-state index in [9.17, 15) is 0 Å². The smallest absolute Gasteiger partial charge is 0.156 e. The highest BCUT2D eigenvalue weighted by Gasteiger charge is 2.41. The zero-order chi connectivity index (χ0) is 47.8. The van der Waals surface area contributed by atoms with Crippen LogP contribution in [0.3, 0.4) is 0 Å². The van der Waals surface area contributed by atoms with Crippen molar-refractivity contribution < 1.29 is 9.05 Å². The Balaban J connectivity index is 1.25. The van der Waals surface area contributed by atoms with Crippen molar-refractivity contribution in [1.29, 1.82) is 0 Å². The Morgan fingerprint density at radius 2 is 0.657 bits per heavy atom. The van der Waals surface area contributed by atoms with Gasteiger partial charge in [0.25, 0.3) is 0 Å². The summed E-state index contributed by atoms with van der Waals surface area (Å²) >= 11 is 0. The van der Waals surface area contributed by atoms with Gasteiger partial charge in [0.1, 0.15) is 12.2 Å². The van der Waals surface area contributed by atoms with Gasteiger partial charge in [0.2, 0.25) is 0 Å². The molecular weight excluding hydrogens is 832 g/mol. The molecule has 2 aliphatic rings. The Bertz CT molecular complexity index is 2620. The van der Waals surface area contributed by atoms with Gasteiger partial charge in [-0.1, -0.05) is 277 Å². The average molecular weight is 903 g/mol. The Kier molecular flexibility index (Phi) is 13.4. The third kappa shape index (κ3) is 9.69. The van der Waals surface area contributed by atoms with Gasteiger partial charge < -0.3 is 9.05 Å². The Labute approximate surface area is 404 Å². The molecule has 344 valence electrons. The lowest BCUT2D eigenvalue weighted by Gasteiger charge is -2.40. The molecule has 0 aromatic heterocycles. The van der Waals surface area contributed by atoms with E-state index in [2.05, 4.69) is 277 Å². The Hall–Kier alpha value is -5.37. The highest BCUT2D eigenvalue weighted by molar-refractivity contribution is 7.26. The molecule has 0 amide bonds. The maximum absolute atomic E-state index is 7.14. The normalized spacial score (nSPS) is 21.4. The first-order valence-electron chi connectivity index (χ1n) is 24.2. The van der Waals surface area contributed by atoms with Crippen LogP contribution < -0.4 is 0 Å². The van der Waals surface area contributed by atoms with Crippen LogP contribution in [0, 0.1) is 0 Å². The van der Waals surface area contributed by atoms with E-state index in [1.165, 1.54) is 55.6 Å². The van der Waals surface area contributed by atoms with Gasteiger partial charge in [-0.15, -0.1) is 0 Å². The van der Waals surface area contributed by atoms with Gasteiger partial charge in [-0.3, -0.25) is 0 Å². The van der Waals surface area contributed by atoms with Crippen LogP contribution >= 0.6 is 9.03 Å². The minimum atomic E-state index is -0.544. The van der Waals surface area contributed by atoms with E-state index in [1.807, 2.05) is 0 Å². The molecule has 67 heavy (non-hydrogen) atoms. The van der Waals surface area contributed by atoms with Crippen LogP contribution in [0.25, 0.3) is 11.1 Å². The fourth-order valence-electron chi connectivity index (χ4n) is 10.4. The highest BCUT2D eigenvalue weighted by Crippen LogP contribution is 2.51. The van der Waals surface area contributed by atoms with E-state index in [0.717, 1.165) is 11.1 Å². The maximum atomic E-state index is 7.14. The number of hydrogen-bond donors (Lipinski definition) is 0. The van der Waals surface area contributed by atoms with E-state index < -0.39 is 10.8 Å². The lowest BCUT2D eigenvalue weighted by molar-refractivity contribution is 0.249. The summed E-state index contributed by atoms with van der Waals surface area (Å²) in [6, 6.07) is 57.7. The molecule has 0 heterocycles. The quantitative estimate of drug-likeness (QED) is 0.101. The lowest BCUT2D eigenvalue weighted by Crippen LogP contribution is -2.33. The number of allylic oxidation sites excluding steroid dienone is 4. The Morgan fingerprint density at radius 1 is 0.358 bits per heavy atom. The molecule has 0 aliphatic heterocycles. The molecule has 4 unspecified atom stereocenters. The van der Waals surface area contributed by atoms with Gasteiger partial charge in [0.05, 0.1) is 10.8 Å². The molecule has 2 aliphatic carbocycles. The van der Waals surface area contributed by atoms with Gasteiger partial charge >= 0.3 is 0 Å². The average Bonchev–Trinajstić information content (AvgIpc) is 3.31. The summed E-state index contributed by atoms with van der Waals surface area (Å²) in [5.74, 6) is 0. The summed E-state index contributed by atoms with van der Waals surface area (Å²) in [5, 5.41) is 0. The zero-order valence-corrected chi connectivity index (χ0v) is 42.9. The van der Waals surface area contributed by atoms with E-state index in [0.29, 0.717) is 0 Å². The maximum Gasteiger partial charge on any atom is 0.156 e. The van der Waals surface area contributed by atoms with Gasteiger partial charge in [0, 0.05) is 0 Å². The molecule has 3 heteroatoms. The topological polar surface area (TPSA) is 18.5 Å². The van der Waals surface area contributed by atoms with Crippen molar-refractivity contribution in [3.05, 3.63) is 250 Å². The minimum Gasteiger partial charge on any atom is -0.324 e. The fraction of sp³-hybridized carbons (Fsp3) is 0.312. The van der Waals surface area contributed by atoms with Crippen molar-refractivity contribution in [1.82, 2.24) is 0 Å². The van der Waals surface area contributed by atoms with Crippen molar-refractivity contribution in [2.24, 2.45) is 0 Å². The van der Waals surface area contributed by atoms with Gasteiger partial charge in [-0.05, 0) is 88.4 Å². The molecule has 6 aromatic rings. The summed E-state index contributed by atoms with van der Waals surface area (Å²) in [4.78, 5) is 0. The summed E-state index contributed by atoms with van der Waals surface area (Å²) < 4.78 is 14.3. The van der Waals surface area contributed by atoms with Gasteiger partial charge in [-0.2, -0.15) is 0 Å². The molecule has 0 saturated heterocycles. The molecule has 6 aromatic carbocycles. The van der Waals surface area contributed by atoms with Crippen LogP contribution in [0.1, 0.15) is 139 Å². The fourth-order valence-corrected chi connectivity index (χ4v) is 11.1. The highest BCUT2D eigenvalue weighted by atomic mass is 31.1. The van der Waals surface area contributed by atoms with Gasteiger partial charge in [-0.25, -0.2) is 0 Å². The van der Waals surface area contributed by atoms with Crippen molar-refractivity contribution in [2.45, 2.75) is 128 Å². The molecule has 4 atom stereocenters. The predicted molar refractivity (Wildman–Crippen MR) is 287 cm³/mol. The molecule has 2 nitrogen and oxygen atoms in total. The number of hydrogen-bond acceptors (Lipinski definition) is 2. The molecule has 0 fully saturated rings. The van der Waals surface area contributed by atoms with Gasteiger partial charge in [0.15, 0.2) is 9.03 Å². The van der Waals surface area contributed by atoms with Crippen molar-refractivity contribution >= 4 is 20.2 Å². The molecular formula is C64H71O2P. The van der Waals surface area contributed by atoms with E-state index in [1.54, 1.807) is 0 Å². The molecule has 0 radical (unpaired) electrons. The summed E-state index contributed by atoms with van der Waals surface area (Å²) in [6.45, 7) is 27.7. The largest absolute Gasteiger partial charge is 0.324 e. The van der Waals surface area contributed by atoms with Crippen molar-refractivity contribution in [3.8, 4) is 0 Å². The van der Waals surface area contributed by atoms with Crippen LogP contribution in [-0.4, -0.2) is 12.2 Å². The number of benzene rings is 6. The van der Waals surface area contributed by atoms with Crippen LogP contribution in [-0.2, 0) is 41.5 Å². The zero-order valence-electron chi connectivity index (χ0n) is 41.9. The van der Waals surface area contributed by atoms with Crippen LogP contribution in [0.15, 0.2) is 194 Å². The van der Waals surface area contributed by atoms with E-state index >= 15 is 0 Å². The Morgan fingerprint density at radius 3 is 1.00 bits per heavy atom. The SMILES string of the molecule is CC(C)(C)c1ccccc1C1=CC(c2ccccc2)(c2ccccc2C(C)(C)C)C=CC1OPOC1C=CC(c2ccccc2)(c2ccccc2C(C)(C)C)C=C1c1ccccc1C(C)(C)C. The lowest BCUT2D eigenvalue weighted by atomic mass is 9.65. The standard InChI is InChI=1S/C64H71O2P/c1-59(2,3)51-33-21-19-31-47(51)49-43-63(45-27-15-13-16-28-45,55-37-25-23-35-53(55)61(7,8)9)41-39-57(49)65-67-66-58-40-42-64(46-29-17-14-18-30-46,56-38-26-24-36-54(56)62(10,11)12)44-50(58)48-32-20-22-34-52(48)60(4,5)6/h13-44,57-58,67H,1-12H3. The van der Waals surface area contributed by atoms with Crippen molar-refractivity contribution in [3.63, 3.8) is 0 Å².